The lowest BCUT2D eigenvalue weighted by Crippen LogP contribution is -2.17. The first kappa shape index (κ1) is 24.1. The van der Waals surface area contributed by atoms with Crippen molar-refractivity contribution in [3.05, 3.63) is 113 Å². The monoisotopic (exact) mass is 484 g/mol. The second-order valence-electron chi connectivity index (χ2n) is 7.74. The average Bonchev–Trinajstić information content (AvgIpc) is 3.30. The summed E-state index contributed by atoms with van der Waals surface area (Å²) in [4.78, 5) is 13.0. The largest absolute Gasteiger partial charge is 0.435 e. The van der Waals surface area contributed by atoms with E-state index in [1.807, 2.05) is 0 Å². The van der Waals surface area contributed by atoms with E-state index in [1.54, 1.807) is 42.5 Å². The summed E-state index contributed by atoms with van der Waals surface area (Å²) in [7, 11) is 0. The Morgan fingerprint density at radius 2 is 1.74 bits per heavy atom. The Bertz CT molecular complexity index is 1350. The SMILES string of the molecule is NCc1cccc(-n2nc(C(F)(F)F)cc2C(=O)Nc2cc(F)cc(C(O)c3ccccc3)c2)c1. The molecule has 0 spiro atoms. The van der Waals surface area contributed by atoms with E-state index >= 15 is 0 Å². The van der Waals surface area contributed by atoms with E-state index in [2.05, 4.69) is 10.4 Å². The van der Waals surface area contributed by atoms with Crippen LogP contribution in [0.2, 0.25) is 0 Å². The Balaban J connectivity index is 1.70. The van der Waals surface area contributed by atoms with Gasteiger partial charge in [0.05, 0.1) is 5.69 Å². The number of alkyl halides is 3. The van der Waals surface area contributed by atoms with Gasteiger partial charge in [0.15, 0.2) is 5.69 Å². The van der Waals surface area contributed by atoms with Gasteiger partial charge in [-0.3, -0.25) is 4.79 Å². The summed E-state index contributed by atoms with van der Waals surface area (Å²) in [6.07, 6.45) is -5.97. The van der Waals surface area contributed by atoms with Crippen LogP contribution >= 0.6 is 0 Å². The van der Waals surface area contributed by atoms with Crippen molar-refractivity contribution in [2.75, 3.05) is 5.32 Å². The highest BCUT2D eigenvalue weighted by atomic mass is 19.4. The number of carbonyl (C=O) groups excluding carboxylic acids is 1. The minimum atomic E-state index is -4.79. The Morgan fingerprint density at radius 1 is 1.00 bits per heavy atom. The zero-order chi connectivity index (χ0) is 25.2. The fourth-order valence-electron chi connectivity index (χ4n) is 3.56. The Labute approximate surface area is 197 Å². The summed E-state index contributed by atoms with van der Waals surface area (Å²) < 4.78 is 55.3. The molecule has 1 heterocycles. The molecular weight excluding hydrogens is 464 g/mol. The predicted octanol–water partition coefficient (Wildman–Crippen LogP) is 4.82. The van der Waals surface area contributed by atoms with Crippen LogP contribution in [0, 0.1) is 5.82 Å². The van der Waals surface area contributed by atoms with Gasteiger partial charge in [0.25, 0.3) is 5.91 Å². The summed E-state index contributed by atoms with van der Waals surface area (Å²) in [5.74, 6) is -1.69. The third-order valence-corrected chi connectivity index (χ3v) is 5.23. The minimum Gasteiger partial charge on any atom is -0.384 e. The van der Waals surface area contributed by atoms with Gasteiger partial charge in [-0.25, -0.2) is 9.07 Å². The van der Waals surface area contributed by atoms with E-state index in [0.717, 1.165) is 16.8 Å². The van der Waals surface area contributed by atoms with Gasteiger partial charge in [-0.05, 0) is 47.0 Å². The molecule has 10 heteroatoms. The number of aliphatic hydroxyl groups is 1. The topological polar surface area (TPSA) is 93.2 Å². The van der Waals surface area contributed by atoms with Crippen molar-refractivity contribution in [2.45, 2.75) is 18.8 Å². The highest BCUT2D eigenvalue weighted by Crippen LogP contribution is 2.30. The van der Waals surface area contributed by atoms with E-state index in [-0.39, 0.29) is 23.5 Å². The third kappa shape index (κ3) is 5.39. The van der Waals surface area contributed by atoms with Crippen molar-refractivity contribution in [3.63, 3.8) is 0 Å². The molecule has 4 rings (SSSR count). The van der Waals surface area contributed by atoms with Crippen molar-refractivity contribution >= 4 is 11.6 Å². The number of halogens is 4. The summed E-state index contributed by atoms with van der Waals surface area (Å²) in [5.41, 5.74) is 5.39. The molecule has 0 aliphatic carbocycles. The van der Waals surface area contributed by atoms with Gasteiger partial charge in [-0.2, -0.15) is 18.3 Å². The molecule has 1 amide bonds. The lowest BCUT2D eigenvalue weighted by atomic mass is 10.0. The van der Waals surface area contributed by atoms with Gasteiger partial charge >= 0.3 is 6.18 Å². The van der Waals surface area contributed by atoms with E-state index in [0.29, 0.717) is 17.2 Å². The molecule has 3 aromatic carbocycles. The van der Waals surface area contributed by atoms with Crippen LogP contribution in [0.25, 0.3) is 5.69 Å². The van der Waals surface area contributed by atoms with Crippen LogP contribution in [-0.2, 0) is 12.7 Å². The molecule has 0 bridgehead atoms. The molecule has 4 aromatic rings. The maximum Gasteiger partial charge on any atom is 0.435 e. The summed E-state index contributed by atoms with van der Waals surface area (Å²) in [5, 5.41) is 16.6. The average molecular weight is 484 g/mol. The molecule has 35 heavy (non-hydrogen) atoms. The summed E-state index contributed by atoms with van der Waals surface area (Å²) in [6.45, 7) is 0.137. The first-order valence-electron chi connectivity index (χ1n) is 10.5. The summed E-state index contributed by atoms with van der Waals surface area (Å²) in [6, 6.07) is 18.8. The molecule has 0 fully saturated rings. The molecule has 0 saturated heterocycles. The second kappa shape index (κ2) is 9.69. The lowest BCUT2D eigenvalue weighted by molar-refractivity contribution is -0.141. The summed E-state index contributed by atoms with van der Waals surface area (Å²) >= 11 is 0. The fourth-order valence-corrected chi connectivity index (χ4v) is 3.56. The van der Waals surface area contributed by atoms with E-state index in [4.69, 9.17) is 5.73 Å². The number of aliphatic hydroxyl groups excluding tert-OH is 1. The Kier molecular flexibility index (Phi) is 6.68. The van der Waals surface area contributed by atoms with E-state index < -0.39 is 35.4 Å². The number of nitrogens with two attached hydrogens (primary N) is 1. The highest BCUT2D eigenvalue weighted by Gasteiger charge is 2.36. The molecule has 1 unspecified atom stereocenters. The number of anilines is 1. The maximum absolute atomic E-state index is 14.3. The number of nitrogens with zero attached hydrogens (tertiary/aromatic N) is 2. The van der Waals surface area contributed by atoms with Gasteiger partial charge in [0, 0.05) is 18.3 Å². The standard InChI is InChI=1S/C25H20F4N4O2/c26-18-10-17(23(34)16-6-2-1-3-7-16)11-19(12-18)31-24(35)21-13-22(25(27,28)29)32-33(21)20-8-4-5-15(9-20)14-30/h1-13,23,34H,14,30H2,(H,31,35). The second-order valence-corrected chi connectivity index (χ2v) is 7.74. The molecule has 0 aliphatic heterocycles. The normalized spacial score (nSPS) is 12.4. The molecule has 0 saturated carbocycles. The van der Waals surface area contributed by atoms with Gasteiger partial charge in [-0.15, -0.1) is 0 Å². The maximum atomic E-state index is 14.3. The molecule has 0 aliphatic rings. The molecule has 4 N–H and O–H groups in total. The number of rotatable bonds is 6. The van der Waals surface area contributed by atoms with Crippen molar-refractivity contribution < 1.29 is 27.5 Å². The van der Waals surface area contributed by atoms with Crippen LogP contribution in [0.1, 0.15) is 39.0 Å². The van der Waals surface area contributed by atoms with Gasteiger partial charge in [0.1, 0.15) is 17.6 Å². The van der Waals surface area contributed by atoms with Crippen molar-refractivity contribution in [3.8, 4) is 5.69 Å². The number of benzene rings is 3. The van der Waals surface area contributed by atoms with Gasteiger partial charge in [0.2, 0.25) is 0 Å². The zero-order valence-electron chi connectivity index (χ0n) is 18.1. The highest BCUT2D eigenvalue weighted by molar-refractivity contribution is 6.03. The van der Waals surface area contributed by atoms with E-state index in [1.165, 1.54) is 18.2 Å². The Hall–Kier alpha value is -4.02. The van der Waals surface area contributed by atoms with Crippen LogP contribution in [-0.4, -0.2) is 20.8 Å². The number of nitrogens with one attached hydrogen (secondary N) is 1. The molecule has 6 nitrogen and oxygen atoms in total. The first-order valence-corrected chi connectivity index (χ1v) is 10.5. The van der Waals surface area contributed by atoms with Gasteiger partial charge in [-0.1, -0.05) is 42.5 Å². The van der Waals surface area contributed by atoms with E-state index in [9.17, 15) is 27.5 Å². The molecule has 1 atom stereocenters. The fraction of sp³-hybridized carbons (Fsp3) is 0.120. The van der Waals surface area contributed by atoms with Crippen LogP contribution in [0.15, 0.2) is 78.9 Å². The predicted molar refractivity (Wildman–Crippen MR) is 121 cm³/mol. The van der Waals surface area contributed by atoms with Crippen LogP contribution in [0.5, 0.6) is 0 Å². The Morgan fingerprint density at radius 3 is 2.43 bits per heavy atom. The number of aromatic nitrogens is 2. The van der Waals surface area contributed by atoms with Crippen LogP contribution < -0.4 is 11.1 Å². The van der Waals surface area contributed by atoms with Crippen LogP contribution in [0.3, 0.4) is 0 Å². The molecule has 0 radical (unpaired) electrons. The first-order chi connectivity index (χ1) is 16.7. The lowest BCUT2D eigenvalue weighted by Gasteiger charge is -2.14. The molecule has 1 aromatic heterocycles. The van der Waals surface area contributed by atoms with Gasteiger partial charge < -0.3 is 16.2 Å². The third-order valence-electron chi connectivity index (χ3n) is 5.23. The zero-order valence-corrected chi connectivity index (χ0v) is 18.1. The van der Waals surface area contributed by atoms with Crippen molar-refractivity contribution in [1.29, 1.82) is 0 Å². The van der Waals surface area contributed by atoms with Crippen molar-refractivity contribution in [2.24, 2.45) is 5.73 Å². The van der Waals surface area contributed by atoms with Crippen molar-refractivity contribution in [1.82, 2.24) is 9.78 Å². The minimum absolute atomic E-state index is 0.0444. The van der Waals surface area contributed by atoms with Crippen LogP contribution in [0.4, 0.5) is 23.2 Å². The molecule has 180 valence electrons. The number of amides is 1. The number of hydrogen-bond donors (Lipinski definition) is 3. The number of carbonyl (C=O) groups is 1. The number of hydrogen-bond acceptors (Lipinski definition) is 4. The quantitative estimate of drug-likeness (QED) is 0.342. The smallest absolute Gasteiger partial charge is 0.384 e. The molecular formula is C25H20F4N4O2.